The van der Waals surface area contributed by atoms with Gasteiger partial charge in [-0.25, -0.2) is 0 Å². The number of nitrogens with two attached hydrogens (primary N) is 1. The summed E-state index contributed by atoms with van der Waals surface area (Å²) in [6.07, 6.45) is 4.13. The Morgan fingerprint density at radius 1 is 1.33 bits per heavy atom. The van der Waals surface area contributed by atoms with E-state index in [0.29, 0.717) is 13.2 Å². The van der Waals surface area contributed by atoms with Crippen LogP contribution in [0.15, 0.2) is 24.3 Å². The zero-order valence-corrected chi connectivity index (χ0v) is 13.0. The van der Waals surface area contributed by atoms with Crippen molar-refractivity contribution in [1.82, 2.24) is 4.90 Å². The fraction of sp³-hybridized carbons (Fsp3) is 0.588. The Hall–Kier alpha value is -1.55. The van der Waals surface area contributed by atoms with Crippen LogP contribution in [0, 0.1) is 12.8 Å². The summed E-state index contributed by atoms with van der Waals surface area (Å²) in [5, 5.41) is 0. The number of benzene rings is 1. The molecule has 1 aliphatic rings. The Balaban J connectivity index is 1.80. The number of likely N-dealkylation sites (N-methyl/N-ethyl adjacent to an activating group) is 1. The molecule has 4 nitrogen and oxygen atoms in total. The van der Waals surface area contributed by atoms with Crippen LogP contribution in [0.25, 0.3) is 0 Å². The number of hydrogen-bond donors (Lipinski definition) is 1. The molecule has 0 spiro atoms. The Labute approximate surface area is 127 Å². The van der Waals surface area contributed by atoms with Crippen molar-refractivity contribution < 1.29 is 9.53 Å². The van der Waals surface area contributed by atoms with Gasteiger partial charge < -0.3 is 15.4 Å². The monoisotopic (exact) mass is 290 g/mol. The molecule has 116 valence electrons. The summed E-state index contributed by atoms with van der Waals surface area (Å²) in [6.45, 7) is 3.12. The zero-order valence-electron chi connectivity index (χ0n) is 13.0. The van der Waals surface area contributed by atoms with E-state index in [4.69, 9.17) is 10.5 Å². The lowest BCUT2D eigenvalue weighted by Crippen LogP contribution is -2.45. The third-order valence-electron chi connectivity index (χ3n) is 4.29. The van der Waals surface area contributed by atoms with E-state index in [1.54, 1.807) is 4.90 Å². The second-order valence-corrected chi connectivity index (χ2v) is 5.93. The smallest absolute Gasteiger partial charge is 0.227 e. The van der Waals surface area contributed by atoms with Gasteiger partial charge in [-0.05, 0) is 31.4 Å². The molecule has 0 aromatic heterocycles. The summed E-state index contributed by atoms with van der Waals surface area (Å²) in [6, 6.07) is 7.94. The number of carbonyl (C=O) groups excluding carboxylic acids is 1. The first kappa shape index (κ1) is 15.8. The van der Waals surface area contributed by atoms with Crippen molar-refractivity contribution in [3.63, 3.8) is 0 Å². The van der Waals surface area contributed by atoms with Gasteiger partial charge in [-0.2, -0.15) is 0 Å². The largest absolute Gasteiger partial charge is 0.491 e. The van der Waals surface area contributed by atoms with Gasteiger partial charge >= 0.3 is 0 Å². The van der Waals surface area contributed by atoms with Gasteiger partial charge in [-0.1, -0.05) is 31.0 Å². The van der Waals surface area contributed by atoms with E-state index in [-0.39, 0.29) is 17.9 Å². The summed E-state index contributed by atoms with van der Waals surface area (Å²) in [5.74, 6) is 1.03. The van der Waals surface area contributed by atoms with Crippen molar-refractivity contribution in [3.8, 4) is 5.75 Å². The molecule has 4 heteroatoms. The Bertz CT molecular complexity index is 476. The number of rotatable bonds is 5. The second-order valence-electron chi connectivity index (χ2n) is 5.93. The van der Waals surface area contributed by atoms with Crippen LogP contribution in [0.2, 0.25) is 0 Å². The molecule has 1 aromatic rings. The van der Waals surface area contributed by atoms with Crippen molar-refractivity contribution in [1.29, 1.82) is 0 Å². The van der Waals surface area contributed by atoms with Gasteiger partial charge in [0.25, 0.3) is 0 Å². The number of ether oxygens (including phenoxy) is 1. The topological polar surface area (TPSA) is 55.6 Å². The highest BCUT2D eigenvalue weighted by Gasteiger charge is 2.30. The molecule has 0 bridgehead atoms. The first-order valence-corrected chi connectivity index (χ1v) is 7.78. The highest BCUT2D eigenvalue weighted by atomic mass is 16.5. The second kappa shape index (κ2) is 7.46. The molecule has 0 aliphatic heterocycles. The molecule has 0 saturated heterocycles. The molecule has 1 fully saturated rings. The summed E-state index contributed by atoms with van der Waals surface area (Å²) in [7, 11) is 1.84. The molecule has 1 aromatic carbocycles. The molecule has 1 aliphatic carbocycles. The predicted molar refractivity (Wildman–Crippen MR) is 84.2 cm³/mol. The van der Waals surface area contributed by atoms with Crippen molar-refractivity contribution in [2.24, 2.45) is 11.7 Å². The molecule has 2 rings (SSSR count). The predicted octanol–water partition coefficient (Wildman–Crippen LogP) is 2.35. The molecule has 1 saturated carbocycles. The first-order chi connectivity index (χ1) is 10.1. The number of carbonyl (C=O) groups is 1. The third kappa shape index (κ3) is 4.21. The number of hydrogen-bond acceptors (Lipinski definition) is 3. The van der Waals surface area contributed by atoms with Crippen LogP contribution in [0.4, 0.5) is 0 Å². The van der Waals surface area contributed by atoms with Gasteiger partial charge in [0.15, 0.2) is 0 Å². The minimum absolute atomic E-state index is 0.0118. The number of nitrogens with zero attached hydrogens (tertiary/aromatic N) is 1. The highest BCUT2D eigenvalue weighted by Crippen LogP contribution is 2.24. The molecule has 21 heavy (non-hydrogen) atoms. The van der Waals surface area contributed by atoms with Crippen LogP contribution in [0.5, 0.6) is 5.75 Å². The van der Waals surface area contributed by atoms with Gasteiger partial charge in [-0.3, -0.25) is 4.79 Å². The number of amides is 1. The van der Waals surface area contributed by atoms with E-state index in [9.17, 15) is 4.79 Å². The standard InChI is InChI=1S/C17H26N2O2/c1-13-7-3-6-10-16(13)21-12-11-19(2)17(20)14-8-4-5-9-15(14)18/h3,6-7,10,14-15H,4-5,8-9,11-12,18H2,1-2H3. The first-order valence-electron chi connectivity index (χ1n) is 7.78. The fourth-order valence-corrected chi connectivity index (χ4v) is 2.87. The van der Waals surface area contributed by atoms with E-state index in [1.165, 1.54) is 0 Å². The lowest BCUT2D eigenvalue weighted by atomic mass is 9.84. The highest BCUT2D eigenvalue weighted by molar-refractivity contribution is 5.79. The molecule has 0 heterocycles. The maximum atomic E-state index is 12.4. The van der Waals surface area contributed by atoms with Crippen LogP contribution in [0.3, 0.4) is 0 Å². The molecule has 0 radical (unpaired) electrons. The molecular formula is C17H26N2O2. The molecule has 1 amide bonds. The lowest BCUT2D eigenvalue weighted by molar-refractivity contribution is -0.136. The van der Waals surface area contributed by atoms with Crippen LogP contribution in [-0.2, 0) is 4.79 Å². The van der Waals surface area contributed by atoms with Crippen molar-refractivity contribution >= 4 is 5.91 Å². The van der Waals surface area contributed by atoms with Crippen LogP contribution < -0.4 is 10.5 Å². The SMILES string of the molecule is Cc1ccccc1OCCN(C)C(=O)C1CCCCC1N. The van der Waals surface area contributed by atoms with E-state index in [2.05, 4.69) is 0 Å². The average Bonchev–Trinajstić information content (AvgIpc) is 2.49. The molecule has 2 atom stereocenters. The lowest BCUT2D eigenvalue weighted by Gasteiger charge is -2.31. The average molecular weight is 290 g/mol. The number of para-hydroxylation sites is 1. The summed E-state index contributed by atoms with van der Waals surface area (Å²) < 4.78 is 5.75. The maximum absolute atomic E-state index is 12.4. The quantitative estimate of drug-likeness (QED) is 0.905. The van der Waals surface area contributed by atoms with Crippen LogP contribution in [-0.4, -0.2) is 37.0 Å². The molecular weight excluding hydrogens is 264 g/mol. The molecule has 2 N–H and O–H groups in total. The fourth-order valence-electron chi connectivity index (χ4n) is 2.87. The minimum Gasteiger partial charge on any atom is -0.491 e. The van der Waals surface area contributed by atoms with E-state index in [0.717, 1.165) is 37.0 Å². The summed E-state index contributed by atoms with van der Waals surface area (Å²) in [4.78, 5) is 14.2. The van der Waals surface area contributed by atoms with E-state index in [1.807, 2.05) is 38.2 Å². The van der Waals surface area contributed by atoms with Gasteiger partial charge in [-0.15, -0.1) is 0 Å². The Morgan fingerprint density at radius 3 is 2.76 bits per heavy atom. The van der Waals surface area contributed by atoms with Crippen molar-refractivity contribution in [3.05, 3.63) is 29.8 Å². The Kier molecular flexibility index (Phi) is 5.62. The third-order valence-corrected chi connectivity index (χ3v) is 4.29. The Morgan fingerprint density at radius 2 is 2.05 bits per heavy atom. The summed E-state index contributed by atoms with van der Waals surface area (Å²) >= 11 is 0. The summed E-state index contributed by atoms with van der Waals surface area (Å²) in [5.41, 5.74) is 7.19. The maximum Gasteiger partial charge on any atom is 0.227 e. The van der Waals surface area contributed by atoms with Crippen LogP contribution in [0.1, 0.15) is 31.2 Å². The minimum atomic E-state index is -0.0118. The normalized spacial score (nSPS) is 21.9. The van der Waals surface area contributed by atoms with Crippen molar-refractivity contribution in [2.75, 3.05) is 20.2 Å². The van der Waals surface area contributed by atoms with Gasteiger partial charge in [0.05, 0.1) is 12.5 Å². The van der Waals surface area contributed by atoms with Gasteiger partial charge in [0.2, 0.25) is 5.91 Å². The van der Waals surface area contributed by atoms with E-state index >= 15 is 0 Å². The molecule has 2 unspecified atom stereocenters. The van der Waals surface area contributed by atoms with Crippen molar-refractivity contribution in [2.45, 2.75) is 38.6 Å². The number of aryl methyl sites for hydroxylation is 1. The zero-order chi connectivity index (χ0) is 15.2. The van der Waals surface area contributed by atoms with Gasteiger partial charge in [0, 0.05) is 13.1 Å². The van der Waals surface area contributed by atoms with E-state index < -0.39 is 0 Å². The van der Waals surface area contributed by atoms with Gasteiger partial charge in [0.1, 0.15) is 12.4 Å². The van der Waals surface area contributed by atoms with Crippen LogP contribution >= 0.6 is 0 Å².